The third kappa shape index (κ3) is 16.5. The lowest BCUT2D eigenvalue weighted by Crippen LogP contribution is -2.51. The standard InChI is InChI=1S/C22H32O3.C19H24N4O2.2C2H6O4S/c1-4-20(24)25-19-8-7-17-16-6-5-14-13-15(23)9-11-21(14,2)18(16)10-12-22(17,19)3;20-18(21)14-4-8-16(9-5-14)24-12-2-1-3-13-25-17-10-6-15(7-11-17)19(22)23;2*3-1-2-7(4,5)6/h13,16-19H,4-12H2,1-3H3;4-11H,1-3,12-13H2,(H3,20,21)(H3,22,23);2*3H,1-2H2,(H,4,5,6). The average Bonchev–Trinajstić information content (AvgIpc) is 3.56. The van der Waals surface area contributed by atoms with Crippen LogP contribution in [0.25, 0.3) is 0 Å². The summed E-state index contributed by atoms with van der Waals surface area (Å²) in [6, 6.07) is 14.4. The number of unbranched alkanes of at least 4 members (excludes halogenated alkanes) is 2. The summed E-state index contributed by atoms with van der Waals surface area (Å²) in [5, 5.41) is 30.4. The van der Waals surface area contributed by atoms with Crippen LogP contribution in [-0.4, -0.2) is 104 Å². The first-order chi connectivity index (χ1) is 30.1. The van der Waals surface area contributed by atoms with E-state index in [4.69, 9.17) is 55.8 Å². The van der Waals surface area contributed by atoms with E-state index in [1.807, 2.05) is 37.3 Å². The summed E-state index contributed by atoms with van der Waals surface area (Å²) in [5.74, 6) is 2.94. The highest BCUT2D eigenvalue weighted by molar-refractivity contribution is 7.86. The first-order valence-electron chi connectivity index (χ1n) is 21.8. The Morgan fingerprint density at radius 3 is 1.66 bits per heavy atom. The number of rotatable bonds is 16. The van der Waals surface area contributed by atoms with Gasteiger partial charge in [-0.05, 0) is 142 Å². The molecule has 6 unspecified atom stereocenters. The Labute approximate surface area is 377 Å². The summed E-state index contributed by atoms with van der Waals surface area (Å²) in [6.45, 7) is 6.92. The highest BCUT2D eigenvalue weighted by Crippen LogP contribution is 2.65. The van der Waals surface area contributed by atoms with Crippen molar-refractivity contribution in [3.8, 4) is 11.5 Å². The van der Waals surface area contributed by atoms with E-state index >= 15 is 0 Å². The quantitative estimate of drug-likeness (QED) is 0.0341. The predicted octanol–water partition coefficient (Wildman–Crippen LogP) is 5.46. The molecule has 358 valence electrons. The van der Waals surface area contributed by atoms with Crippen LogP contribution in [0.2, 0.25) is 0 Å². The second kappa shape index (κ2) is 24.8. The van der Waals surface area contributed by atoms with Crippen LogP contribution in [0.15, 0.2) is 60.2 Å². The van der Waals surface area contributed by atoms with E-state index in [1.54, 1.807) is 24.3 Å². The molecule has 3 fully saturated rings. The number of nitrogen functional groups attached to an aromatic ring is 2. The molecule has 0 heterocycles. The number of esters is 1. The topological polar surface area (TPSA) is 311 Å². The molecule has 10 N–H and O–H groups in total. The SMILES string of the molecule is CCC(=O)OC1CCC2C3CCC4=CC(=O)CCC4(C)C3CCC12C.N=C(N)c1ccc(OCCCCCOc2ccc(C(=N)N)cc2)cc1.O=S(=O)(O)CCO.O=S(=O)(O)CCO. The molecule has 0 saturated heterocycles. The summed E-state index contributed by atoms with van der Waals surface area (Å²) >= 11 is 0. The molecule has 6 atom stereocenters. The van der Waals surface area contributed by atoms with E-state index in [9.17, 15) is 26.4 Å². The van der Waals surface area contributed by atoms with Gasteiger partial charge in [-0.3, -0.25) is 29.5 Å². The van der Waals surface area contributed by atoms with Gasteiger partial charge in [-0.25, -0.2) is 0 Å². The second-order valence-electron chi connectivity index (χ2n) is 17.1. The van der Waals surface area contributed by atoms with Gasteiger partial charge in [0.05, 0.1) is 37.9 Å². The van der Waals surface area contributed by atoms with E-state index < -0.39 is 45.0 Å². The molecule has 4 aliphatic carbocycles. The third-order valence-corrected chi connectivity index (χ3v) is 14.2. The number of ether oxygens (including phenoxy) is 3. The molecule has 0 aromatic heterocycles. The molecule has 3 saturated carbocycles. The van der Waals surface area contributed by atoms with Crippen LogP contribution in [0.1, 0.15) is 109 Å². The Bertz CT molecular complexity index is 2020. The first kappa shape index (κ1) is 53.9. The normalized spacial score (nSPS) is 24.5. The van der Waals surface area contributed by atoms with Crippen molar-refractivity contribution in [2.24, 2.45) is 40.1 Å². The fraction of sp³-hybridized carbons (Fsp3) is 0.600. The molecular formula is C45H68N4O13S2. The number of ketones is 1. The fourth-order valence-electron chi connectivity index (χ4n) is 9.40. The van der Waals surface area contributed by atoms with Gasteiger partial charge in [0, 0.05) is 29.4 Å². The molecule has 0 amide bonds. The molecule has 6 rings (SSSR count). The van der Waals surface area contributed by atoms with Crippen LogP contribution in [0.3, 0.4) is 0 Å². The van der Waals surface area contributed by atoms with Crippen molar-refractivity contribution in [2.45, 2.75) is 104 Å². The number of fused-ring (bicyclic) bond motifs is 5. The number of nitrogens with two attached hydrogens (primary N) is 2. The Morgan fingerprint density at radius 2 is 1.23 bits per heavy atom. The second-order valence-corrected chi connectivity index (χ2v) is 20.2. The van der Waals surface area contributed by atoms with Crippen molar-refractivity contribution < 1.29 is 60.0 Å². The van der Waals surface area contributed by atoms with E-state index in [0.717, 1.165) is 68.8 Å². The van der Waals surface area contributed by atoms with Gasteiger partial charge in [-0.15, -0.1) is 0 Å². The van der Waals surface area contributed by atoms with Gasteiger partial charge in [0.15, 0.2) is 5.78 Å². The minimum Gasteiger partial charge on any atom is -0.494 e. The molecule has 17 nitrogen and oxygen atoms in total. The number of carbonyl (C=O) groups excluding carboxylic acids is 2. The van der Waals surface area contributed by atoms with Crippen LogP contribution < -0.4 is 20.9 Å². The monoisotopic (exact) mass is 936 g/mol. The molecule has 19 heteroatoms. The van der Waals surface area contributed by atoms with Crippen molar-refractivity contribution in [1.29, 1.82) is 10.8 Å². The molecule has 2 aromatic carbocycles. The van der Waals surface area contributed by atoms with Gasteiger partial charge in [0.25, 0.3) is 20.2 Å². The summed E-state index contributed by atoms with van der Waals surface area (Å²) in [5.41, 5.74) is 14.0. The summed E-state index contributed by atoms with van der Waals surface area (Å²) < 4.78 is 71.3. The molecule has 2 aromatic rings. The van der Waals surface area contributed by atoms with Gasteiger partial charge in [-0.2, -0.15) is 16.8 Å². The van der Waals surface area contributed by atoms with Crippen molar-refractivity contribution in [3.05, 3.63) is 71.3 Å². The van der Waals surface area contributed by atoms with E-state index in [2.05, 4.69) is 13.8 Å². The lowest BCUT2D eigenvalue weighted by molar-refractivity contribution is -0.159. The molecule has 4 aliphatic rings. The lowest BCUT2D eigenvalue weighted by atomic mass is 9.47. The number of benzene rings is 2. The molecule has 0 spiro atoms. The number of nitrogens with one attached hydrogen (secondary N) is 2. The van der Waals surface area contributed by atoms with Gasteiger partial charge < -0.3 is 35.9 Å². The largest absolute Gasteiger partial charge is 0.494 e. The van der Waals surface area contributed by atoms with Crippen molar-refractivity contribution in [1.82, 2.24) is 0 Å². The molecule has 0 radical (unpaired) electrons. The molecule has 0 aliphatic heterocycles. The Kier molecular flexibility index (Phi) is 20.9. The number of hydrogen-bond acceptors (Lipinski definition) is 13. The van der Waals surface area contributed by atoms with E-state index in [1.165, 1.54) is 24.8 Å². The van der Waals surface area contributed by atoms with Crippen molar-refractivity contribution >= 4 is 43.7 Å². The fourth-order valence-corrected chi connectivity index (χ4v) is 9.86. The summed E-state index contributed by atoms with van der Waals surface area (Å²) in [6.07, 6.45) is 14.2. The summed E-state index contributed by atoms with van der Waals surface area (Å²) in [7, 11) is -7.85. The van der Waals surface area contributed by atoms with Gasteiger partial charge in [0.1, 0.15) is 29.3 Å². The van der Waals surface area contributed by atoms with Gasteiger partial charge in [-0.1, -0.05) is 26.3 Å². The average molecular weight is 937 g/mol. The zero-order valence-corrected chi connectivity index (χ0v) is 38.8. The summed E-state index contributed by atoms with van der Waals surface area (Å²) in [4.78, 5) is 23.8. The van der Waals surface area contributed by atoms with Crippen LogP contribution in [0.4, 0.5) is 0 Å². The smallest absolute Gasteiger partial charge is 0.305 e. The minimum atomic E-state index is -3.92. The zero-order chi connectivity index (χ0) is 47.7. The molecular weight excluding hydrogens is 869 g/mol. The van der Waals surface area contributed by atoms with E-state index in [-0.39, 0.29) is 34.6 Å². The van der Waals surface area contributed by atoms with Gasteiger partial charge in [0.2, 0.25) is 0 Å². The molecule has 0 bridgehead atoms. The predicted molar refractivity (Wildman–Crippen MR) is 244 cm³/mol. The third-order valence-electron chi connectivity index (χ3n) is 12.8. The van der Waals surface area contributed by atoms with Crippen molar-refractivity contribution in [3.63, 3.8) is 0 Å². The number of aliphatic hydroxyl groups excluding tert-OH is 2. The first-order valence-corrected chi connectivity index (χ1v) is 25.0. The zero-order valence-electron chi connectivity index (χ0n) is 37.2. The van der Waals surface area contributed by atoms with Crippen LogP contribution in [-0.2, 0) is 34.6 Å². The minimum absolute atomic E-state index is 0.0411. The maximum atomic E-state index is 11.9. The lowest BCUT2D eigenvalue weighted by Gasteiger charge is -2.57. The maximum Gasteiger partial charge on any atom is 0.305 e. The Hall–Kier alpha value is -4.40. The van der Waals surface area contributed by atoms with Crippen LogP contribution in [0.5, 0.6) is 11.5 Å². The Morgan fingerprint density at radius 1 is 0.734 bits per heavy atom. The number of hydrogen-bond donors (Lipinski definition) is 8. The van der Waals surface area contributed by atoms with Gasteiger partial charge >= 0.3 is 5.97 Å². The van der Waals surface area contributed by atoms with E-state index in [0.29, 0.717) is 48.4 Å². The number of allylic oxidation sites excluding steroid dienone is 1. The maximum absolute atomic E-state index is 11.9. The Balaban J connectivity index is 0.000000263. The number of aliphatic hydroxyl groups is 2. The highest BCUT2D eigenvalue weighted by Gasteiger charge is 2.60. The molecule has 64 heavy (non-hydrogen) atoms. The highest BCUT2D eigenvalue weighted by atomic mass is 32.2. The van der Waals surface area contributed by atoms with Crippen LogP contribution in [0, 0.1) is 39.4 Å². The number of amidine groups is 2. The van der Waals surface area contributed by atoms with Crippen molar-refractivity contribution in [2.75, 3.05) is 37.9 Å². The number of carbonyl (C=O) groups is 2. The van der Waals surface area contributed by atoms with Crippen LogP contribution >= 0.6 is 0 Å².